The Morgan fingerprint density at radius 1 is 0.862 bits per heavy atom. The minimum atomic E-state index is -0.502. The molecule has 0 saturated heterocycles. The van der Waals surface area contributed by atoms with Gasteiger partial charge in [0.05, 0.1) is 17.5 Å². The van der Waals surface area contributed by atoms with Crippen molar-refractivity contribution in [1.82, 2.24) is 0 Å². The minimum absolute atomic E-state index is 0.00309. The van der Waals surface area contributed by atoms with Crippen molar-refractivity contribution >= 4 is 33.0 Å². The van der Waals surface area contributed by atoms with Gasteiger partial charge in [-0.05, 0) is 50.8 Å². The summed E-state index contributed by atoms with van der Waals surface area (Å²) in [7, 11) is 0. The van der Waals surface area contributed by atoms with Crippen molar-refractivity contribution in [2.75, 3.05) is 5.32 Å². The number of nitrogens with zero attached hydrogens (tertiary/aromatic N) is 1. The molecule has 0 atom stereocenters. The van der Waals surface area contributed by atoms with Crippen LogP contribution in [0.15, 0.2) is 101 Å². The van der Waals surface area contributed by atoms with E-state index in [0.717, 1.165) is 11.1 Å². The average Bonchev–Trinajstić information content (AvgIpc) is 2.84. The quantitative estimate of drug-likeness (QED) is 0.254. The third-order valence-corrected chi connectivity index (χ3v) is 5.00. The zero-order chi connectivity index (χ0) is 24.6. The third kappa shape index (κ3) is 4.05. The van der Waals surface area contributed by atoms with Gasteiger partial charge in [-0.25, -0.2) is 0 Å². The maximum Gasteiger partial charge on any atom is 0.292 e. The number of anilines is 2. The van der Waals surface area contributed by atoms with Gasteiger partial charge in [-0.1, -0.05) is 72.7 Å². The summed E-state index contributed by atoms with van der Waals surface area (Å²) < 4.78 is 41.1. The number of hydrogen-bond donors (Lipinski definition) is 1. The molecule has 0 aliphatic heterocycles. The highest BCUT2D eigenvalue weighted by molar-refractivity contribution is 9.10. The number of nitro benzene ring substituents is 1. The Morgan fingerprint density at radius 3 is 2.34 bits per heavy atom. The molecule has 4 aromatic carbocycles. The summed E-state index contributed by atoms with van der Waals surface area (Å²) in [5, 5.41) is 14.8. The van der Waals surface area contributed by atoms with Crippen LogP contribution >= 0.6 is 15.9 Å². The Kier molecular flexibility index (Phi) is 3.91. The van der Waals surface area contributed by atoms with Crippen molar-refractivity contribution in [2.45, 2.75) is 0 Å². The van der Waals surface area contributed by atoms with Crippen molar-refractivity contribution in [3.63, 3.8) is 0 Å². The Hall–Kier alpha value is -3.44. The Bertz CT molecular complexity index is 1400. The fourth-order valence-corrected chi connectivity index (χ4v) is 3.45. The largest absolute Gasteiger partial charge is 0.348 e. The molecule has 1 N–H and O–H groups in total. The second-order valence-corrected chi connectivity index (χ2v) is 7.00. The monoisotopic (exact) mass is 449 g/mol. The van der Waals surface area contributed by atoms with Crippen LogP contribution in [0, 0.1) is 10.1 Å². The summed E-state index contributed by atoms with van der Waals surface area (Å²) in [4.78, 5) is 11.3. The molecule has 0 heterocycles. The lowest BCUT2D eigenvalue weighted by molar-refractivity contribution is -0.383. The Morgan fingerprint density at radius 2 is 1.62 bits per heavy atom. The van der Waals surface area contributed by atoms with Crippen molar-refractivity contribution in [3.05, 3.63) is 112 Å². The highest BCUT2D eigenvalue weighted by atomic mass is 79.9. The first kappa shape index (κ1) is 13.7. The van der Waals surface area contributed by atoms with Crippen molar-refractivity contribution in [3.8, 4) is 22.3 Å². The van der Waals surface area contributed by atoms with Gasteiger partial charge in [-0.3, -0.25) is 10.1 Å². The van der Waals surface area contributed by atoms with E-state index in [-0.39, 0.29) is 29.0 Å². The zero-order valence-corrected chi connectivity index (χ0v) is 16.6. The van der Waals surface area contributed by atoms with E-state index in [1.807, 2.05) is 30.3 Å². The van der Waals surface area contributed by atoms with E-state index in [9.17, 15) is 10.1 Å². The van der Waals surface area contributed by atoms with Gasteiger partial charge < -0.3 is 5.32 Å². The summed E-state index contributed by atoms with van der Waals surface area (Å²) in [6.45, 7) is 0. The van der Waals surface area contributed by atoms with E-state index in [2.05, 4.69) is 21.2 Å². The van der Waals surface area contributed by atoms with Crippen LogP contribution in [0.25, 0.3) is 22.3 Å². The summed E-state index contributed by atoms with van der Waals surface area (Å²) in [6.07, 6.45) is 0. The van der Waals surface area contributed by atoms with E-state index < -0.39 is 23.1 Å². The zero-order valence-electron chi connectivity index (χ0n) is 20.0. The highest BCUT2D eigenvalue weighted by Crippen LogP contribution is 2.39. The number of nitro groups is 1. The molecule has 0 aliphatic rings. The molecule has 0 radical (unpaired) electrons. The third-order valence-electron chi connectivity index (χ3n) is 4.34. The number of benzene rings is 4. The first-order valence-corrected chi connectivity index (χ1v) is 9.46. The van der Waals surface area contributed by atoms with Crippen LogP contribution in [0.4, 0.5) is 17.1 Å². The standard InChI is InChI=1S/C24H17BrN2O2/c25-21-13-7-12-20(18-10-5-2-6-11-18)24(21)26-22-16-19(14-15-23(22)27(28)29)17-8-3-1-4-9-17/h1-16,26H/i2D,5D,6D,10D,11D. The average molecular weight is 450 g/mol. The SMILES string of the molecule is [2H]c1c([2H])c([2H])c(-c2cccc(Br)c2Nc2cc(-c3ccccc3)ccc2[N+](=O)[O-])c([2H])c1[2H]. The predicted molar refractivity (Wildman–Crippen MR) is 121 cm³/mol. The highest BCUT2D eigenvalue weighted by Gasteiger charge is 2.18. The normalized spacial score (nSPS) is 12.9. The molecule has 0 unspecified atom stereocenters. The molecule has 142 valence electrons. The van der Waals surface area contributed by atoms with Crippen LogP contribution in [0.2, 0.25) is 0 Å². The molecule has 0 amide bonds. The topological polar surface area (TPSA) is 55.2 Å². The first-order valence-electron chi connectivity index (χ1n) is 11.2. The summed E-state index contributed by atoms with van der Waals surface area (Å²) in [6, 6.07) is 17.0. The lowest BCUT2D eigenvalue weighted by Gasteiger charge is -2.15. The van der Waals surface area contributed by atoms with Crippen molar-refractivity contribution < 1.29 is 11.8 Å². The maximum absolute atomic E-state index is 11.8. The Labute approximate surface area is 184 Å². The molecule has 0 aliphatic carbocycles. The van der Waals surface area contributed by atoms with Gasteiger partial charge in [-0.15, -0.1) is 0 Å². The van der Waals surface area contributed by atoms with Gasteiger partial charge >= 0.3 is 0 Å². The van der Waals surface area contributed by atoms with Gasteiger partial charge in [0.2, 0.25) is 0 Å². The second-order valence-electron chi connectivity index (χ2n) is 6.14. The molecule has 5 heteroatoms. The van der Waals surface area contributed by atoms with E-state index in [4.69, 9.17) is 6.85 Å². The number of hydrogen-bond acceptors (Lipinski definition) is 3. The van der Waals surface area contributed by atoms with E-state index >= 15 is 0 Å². The van der Waals surface area contributed by atoms with E-state index in [1.54, 1.807) is 30.3 Å². The number of nitrogens with one attached hydrogen (secondary N) is 1. The number of para-hydroxylation sites is 1. The smallest absolute Gasteiger partial charge is 0.292 e. The molecule has 0 fully saturated rings. The maximum atomic E-state index is 11.8. The Balaban J connectivity index is 1.92. The van der Waals surface area contributed by atoms with Gasteiger partial charge in [0.15, 0.2) is 0 Å². The van der Waals surface area contributed by atoms with Gasteiger partial charge in [0.25, 0.3) is 5.69 Å². The molecular formula is C24H17BrN2O2. The van der Waals surface area contributed by atoms with Crippen LogP contribution in [-0.4, -0.2) is 4.92 Å². The lowest BCUT2D eigenvalue weighted by Crippen LogP contribution is -2.00. The molecule has 0 saturated carbocycles. The van der Waals surface area contributed by atoms with Crippen LogP contribution in [0.3, 0.4) is 0 Å². The number of rotatable bonds is 5. The molecular weight excluding hydrogens is 428 g/mol. The molecule has 0 bridgehead atoms. The van der Waals surface area contributed by atoms with Crippen molar-refractivity contribution in [2.24, 2.45) is 0 Å². The van der Waals surface area contributed by atoms with Crippen LogP contribution in [-0.2, 0) is 0 Å². The van der Waals surface area contributed by atoms with E-state index in [0.29, 0.717) is 15.7 Å². The fraction of sp³-hybridized carbons (Fsp3) is 0. The lowest BCUT2D eigenvalue weighted by atomic mass is 10.0. The van der Waals surface area contributed by atoms with Crippen LogP contribution in [0.1, 0.15) is 6.85 Å². The number of halogens is 1. The molecule has 29 heavy (non-hydrogen) atoms. The molecule has 4 rings (SSSR count). The predicted octanol–water partition coefficient (Wildman–Crippen LogP) is 7.43. The fourth-order valence-electron chi connectivity index (χ4n) is 2.98. The summed E-state index contributed by atoms with van der Waals surface area (Å²) in [5.74, 6) is 0. The summed E-state index contributed by atoms with van der Waals surface area (Å²) >= 11 is 3.44. The van der Waals surface area contributed by atoms with Gasteiger partial charge in [0, 0.05) is 16.1 Å². The molecule has 0 aromatic heterocycles. The van der Waals surface area contributed by atoms with Crippen LogP contribution in [0.5, 0.6) is 0 Å². The minimum Gasteiger partial charge on any atom is -0.348 e. The molecule has 4 aromatic rings. The van der Waals surface area contributed by atoms with Crippen LogP contribution < -0.4 is 5.32 Å². The molecule has 4 nitrogen and oxygen atoms in total. The van der Waals surface area contributed by atoms with Gasteiger partial charge in [0.1, 0.15) is 5.69 Å². The summed E-state index contributed by atoms with van der Waals surface area (Å²) in [5.41, 5.74) is 2.31. The molecule has 0 spiro atoms. The first-order chi connectivity index (χ1) is 16.2. The van der Waals surface area contributed by atoms with Crippen molar-refractivity contribution in [1.29, 1.82) is 0 Å². The van der Waals surface area contributed by atoms with E-state index in [1.165, 1.54) is 6.07 Å². The second kappa shape index (κ2) is 8.29. The van der Waals surface area contributed by atoms with Gasteiger partial charge in [-0.2, -0.15) is 0 Å².